The van der Waals surface area contributed by atoms with Crippen molar-refractivity contribution in [3.05, 3.63) is 77.4 Å². The molecule has 0 spiro atoms. The van der Waals surface area contributed by atoms with Gasteiger partial charge in [0.2, 0.25) is 0 Å². The van der Waals surface area contributed by atoms with E-state index in [1.54, 1.807) is 31.4 Å². The Labute approximate surface area is 189 Å². The molecule has 172 valence electrons. The zero-order valence-corrected chi connectivity index (χ0v) is 17.5. The number of ether oxygens (including phenoxy) is 1. The number of amides is 1. The number of anilines is 1. The van der Waals surface area contributed by atoms with Gasteiger partial charge in [-0.25, -0.2) is 9.48 Å². The van der Waals surface area contributed by atoms with Crippen molar-refractivity contribution in [1.82, 2.24) is 14.8 Å². The molecule has 1 amide bonds. The van der Waals surface area contributed by atoms with Gasteiger partial charge in [-0.2, -0.15) is 18.3 Å². The average molecular weight is 468 g/mol. The van der Waals surface area contributed by atoms with Gasteiger partial charge in [-0.05, 0) is 35.9 Å². The van der Waals surface area contributed by atoms with Gasteiger partial charge < -0.3 is 14.7 Å². The highest BCUT2D eigenvalue weighted by Gasteiger charge is 2.41. The van der Waals surface area contributed by atoms with Gasteiger partial charge in [0.05, 0.1) is 31.2 Å². The predicted molar refractivity (Wildman–Crippen MR) is 114 cm³/mol. The molecule has 4 aromatic rings. The summed E-state index contributed by atoms with van der Waals surface area (Å²) in [4.78, 5) is 30.2. The minimum Gasteiger partial charge on any atom is -0.497 e. The van der Waals surface area contributed by atoms with Crippen LogP contribution < -0.4 is 9.64 Å². The number of aromatic nitrogens is 3. The molecule has 3 heterocycles. The van der Waals surface area contributed by atoms with Crippen molar-refractivity contribution in [2.24, 2.45) is 0 Å². The molecule has 0 aliphatic carbocycles. The summed E-state index contributed by atoms with van der Waals surface area (Å²) in [5.41, 5.74) is -0.985. The Morgan fingerprint density at radius 2 is 1.79 bits per heavy atom. The molecule has 11 heteroatoms. The van der Waals surface area contributed by atoms with E-state index in [0.29, 0.717) is 33.1 Å². The fraction of sp³-hybridized carbons (Fsp3) is 0.130. The molecular formula is C23H15F3N4O4. The smallest absolute Gasteiger partial charge is 0.434 e. The van der Waals surface area contributed by atoms with Gasteiger partial charge in [0.15, 0.2) is 5.69 Å². The molecule has 34 heavy (non-hydrogen) atoms. The van der Waals surface area contributed by atoms with Gasteiger partial charge in [0, 0.05) is 17.0 Å². The van der Waals surface area contributed by atoms with E-state index in [-0.39, 0.29) is 17.9 Å². The highest BCUT2D eigenvalue weighted by Crippen LogP contribution is 2.41. The molecule has 0 radical (unpaired) electrons. The molecule has 0 unspecified atom stereocenters. The molecule has 0 bridgehead atoms. The number of hydrogen-bond acceptors (Lipinski definition) is 5. The summed E-state index contributed by atoms with van der Waals surface area (Å²) in [7, 11) is 1.54. The number of benzene rings is 2. The van der Waals surface area contributed by atoms with E-state index in [1.165, 1.54) is 29.3 Å². The van der Waals surface area contributed by atoms with E-state index < -0.39 is 29.3 Å². The van der Waals surface area contributed by atoms with Crippen LogP contribution in [0.1, 0.15) is 32.1 Å². The van der Waals surface area contributed by atoms with E-state index >= 15 is 0 Å². The van der Waals surface area contributed by atoms with E-state index in [2.05, 4.69) is 10.1 Å². The maximum atomic E-state index is 13.8. The number of carbonyl (C=O) groups is 2. The van der Waals surface area contributed by atoms with Gasteiger partial charge in [-0.3, -0.25) is 9.78 Å². The fourth-order valence-electron chi connectivity index (χ4n) is 4.11. The molecule has 0 atom stereocenters. The van der Waals surface area contributed by atoms with Crippen molar-refractivity contribution < 1.29 is 32.6 Å². The standard InChI is InChI=1S/C23H15F3N4O4/c1-34-13-4-2-12(3-5-13)11-29-17-7-6-16(14-8-9-27-19(18(14)17)21(29)31)30-20(23(24,25)26)15(10-28-30)22(32)33/h2-10H,11H2,1H3,(H,32,33). The molecular weight excluding hydrogens is 453 g/mol. The average Bonchev–Trinajstić information content (AvgIpc) is 3.37. The van der Waals surface area contributed by atoms with Crippen LogP contribution in [0.2, 0.25) is 0 Å². The second kappa shape index (κ2) is 7.58. The van der Waals surface area contributed by atoms with Crippen LogP contribution >= 0.6 is 0 Å². The maximum absolute atomic E-state index is 13.8. The van der Waals surface area contributed by atoms with Crippen molar-refractivity contribution in [2.45, 2.75) is 12.7 Å². The molecule has 2 aromatic heterocycles. The number of carbonyl (C=O) groups excluding carboxylic acids is 1. The monoisotopic (exact) mass is 468 g/mol. The number of pyridine rings is 1. The third-order valence-corrected chi connectivity index (χ3v) is 5.62. The molecule has 0 fully saturated rings. The lowest BCUT2D eigenvalue weighted by Gasteiger charge is -2.19. The summed E-state index contributed by atoms with van der Waals surface area (Å²) < 4.78 is 47.0. The molecule has 0 saturated heterocycles. The van der Waals surface area contributed by atoms with Crippen molar-refractivity contribution in [2.75, 3.05) is 12.0 Å². The van der Waals surface area contributed by atoms with Gasteiger partial charge in [-0.15, -0.1) is 0 Å². The Balaban J connectivity index is 1.65. The maximum Gasteiger partial charge on any atom is 0.434 e. The lowest BCUT2D eigenvalue weighted by molar-refractivity contribution is -0.143. The first-order valence-corrected chi connectivity index (χ1v) is 9.96. The first-order valence-electron chi connectivity index (χ1n) is 9.96. The van der Waals surface area contributed by atoms with Crippen LogP contribution in [0.3, 0.4) is 0 Å². The lowest BCUT2D eigenvalue weighted by Crippen LogP contribution is -2.26. The minimum atomic E-state index is -4.97. The number of hydrogen-bond donors (Lipinski definition) is 1. The van der Waals surface area contributed by atoms with Crippen LogP contribution in [0.4, 0.5) is 18.9 Å². The van der Waals surface area contributed by atoms with Gasteiger partial charge in [0.25, 0.3) is 5.91 Å². The Morgan fingerprint density at radius 1 is 1.09 bits per heavy atom. The summed E-state index contributed by atoms with van der Waals surface area (Å²) in [6.45, 7) is 0.215. The minimum absolute atomic E-state index is 0.0127. The van der Waals surface area contributed by atoms with Crippen molar-refractivity contribution in [3.8, 4) is 11.4 Å². The van der Waals surface area contributed by atoms with Crippen LogP contribution in [0.25, 0.3) is 16.5 Å². The fourth-order valence-corrected chi connectivity index (χ4v) is 4.11. The molecule has 0 saturated carbocycles. The quantitative estimate of drug-likeness (QED) is 0.469. The number of alkyl halides is 3. The molecule has 1 aliphatic rings. The Bertz CT molecular complexity index is 1460. The van der Waals surface area contributed by atoms with Gasteiger partial charge in [-0.1, -0.05) is 12.1 Å². The zero-order chi connectivity index (χ0) is 24.2. The molecule has 1 N–H and O–H groups in total. The molecule has 5 rings (SSSR count). The third kappa shape index (κ3) is 3.24. The highest BCUT2D eigenvalue weighted by molar-refractivity contribution is 6.24. The number of rotatable bonds is 5. The highest BCUT2D eigenvalue weighted by atomic mass is 19.4. The normalized spacial score (nSPS) is 13.1. The summed E-state index contributed by atoms with van der Waals surface area (Å²) in [6.07, 6.45) is -2.98. The molecule has 8 nitrogen and oxygen atoms in total. The van der Waals surface area contributed by atoms with E-state index in [0.717, 1.165) is 5.56 Å². The number of methoxy groups -OCH3 is 1. The Kier molecular flexibility index (Phi) is 4.78. The van der Waals surface area contributed by atoms with Crippen molar-refractivity contribution in [3.63, 3.8) is 0 Å². The Morgan fingerprint density at radius 3 is 2.44 bits per heavy atom. The van der Waals surface area contributed by atoms with Crippen LogP contribution in [-0.4, -0.2) is 38.9 Å². The summed E-state index contributed by atoms with van der Waals surface area (Å²) in [5.74, 6) is -1.48. The van der Waals surface area contributed by atoms with E-state index in [4.69, 9.17) is 4.74 Å². The van der Waals surface area contributed by atoms with Crippen molar-refractivity contribution in [1.29, 1.82) is 0 Å². The van der Waals surface area contributed by atoms with E-state index in [1.807, 2.05) is 0 Å². The molecule has 2 aromatic carbocycles. The van der Waals surface area contributed by atoms with Crippen LogP contribution in [0.15, 0.2) is 54.9 Å². The lowest BCUT2D eigenvalue weighted by atomic mass is 10.1. The largest absolute Gasteiger partial charge is 0.497 e. The van der Waals surface area contributed by atoms with Crippen molar-refractivity contribution >= 4 is 28.3 Å². The van der Waals surface area contributed by atoms with Gasteiger partial charge >= 0.3 is 12.1 Å². The number of carboxylic acid groups (broad SMARTS) is 1. The summed E-state index contributed by atoms with van der Waals surface area (Å²) in [5, 5.41) is 13.6. The SMILES string of the molecule is COc1ccc(CN2C(=O)c3nccc4c(-n5ncc(C(=O)O)c5C(F)(F)F)ccc2c34)cc1. The second-order valence-electron chi connectivity index (χ2n) is 7.55. The first kappa shape index (κ1) is 21.4. The number of halogens is 3. The van der Waals surface area contributed by atoms with Crippen LogP contribution in [0.5, 0.6) is 5.75 Å². The number of nitrogens with zero attached hydrogens (tertiary/aromatic N) is 4. The van der Waals surface area contributed by atoms with Crippen LogP contribution in [0, 0.1) is 0 Å². The summed E-state index contributed by atoms with van der Waals surface area (Å²) in [6, 6.07) is 11.5. The topological polar surface area (TPSA) is 97.5 Å². The number of carboxylic acids is 1. The van der Waals surface area contributed by atoms with Crippen LogP contribution in [-0.2, 0) is 12.7 Å². The first-order chi connectivity index (χ1) is 16.2. The second-order valence-corrected chi connectivity index (χ2v) is 7.55. The van der Waals surface area contributed by atoms with Gasteiger partial charge in [0.1, 0.15) is 17.0 Å². The number of aromatic carboxylic acids is 1. The van der Waals surface area contributed by atoms with E-state index in [9.17, 15) is 27.9 Å². The predicted octanol–water partition coefficient (Wildman–Crippen LogP) is 4.31. The molecule has 1 aliphatic heterocycles. The zero-order valence-electron chi connectivity index (χ0n) is 17.5. The Hall–Kier alpha value is -4.41. The third-order valence-electron chi connectivity index (χ3n) is 5.62. The summed E-state index contributed by atoms with van der Waals surface area (Å²) >= 11 is 0.